The molecular formula is C24H18ClFN4O. The standard InChI is InChI=1S/C24H18ClFN4O/c1-31-22-5-3-2-4-19(22)21-14-20(15-8-12-18(26)13-9-15)27-24-28-23(29-30(21)24)16-6-10-17(25)11-7-16/h2-14,21H,1H3,(H,27,28,29). The zero-order valence-corrected chi connectivity index (χ0v) is 17.3. The topological polar surface area (TPSA) is 52.0 Å². The normalized spacial score (nSPS) is 15.1. The minimum Gasteiger partial charge on any atom is -0.496 e. The third-order valence-corrected chi connectivity index (χ3v) is 5.43. The molecule has 0 saturated carbocycles. The maximum Gasteiger partial charge on any atom is 0.227 e. The van der Waals surface area contributed by atoms with Gasteiger partial charge in [0.05, 0.1) is 7.11 Å². The zero-order chi connectivity index (χ0) is 21.4. The van der Waals surface area contributed by atoms with Crippen molar-refractivity contribution in [2.24, 2.45) is 0 Å². The van der Waals surface area contributed by atoms with E-state index in [0.29, 0.717) is 16.8 Å². The Labute approximate surface area is 183 Å². The van der Waals surface area contributed by atoms with Crippen molar-refractivity contribution in [3.8, 4) is 17.1 Å². The number of methoxy groups -OCH3 is 1. The van der Waals surface area contributed by atoms with Crippen molar-refractivity contribution in [3.63, 3.8) is 0 Å². The average Bonchev–Trinajstić information content (AvgIpc) is 3.23. The monoisotopic (exact) mass is 432 g/mol. The van der Waals surface area contributed by atoms with Gasteiger partial charge in [-0.05, 0) is 66.2 Å². The van der Waals surface area contributed by atoms with Gasteiger partial charge in [-0.1, -0.05) is 29.8 Å². The largest absolute Gasteiger partial charge is 0.496 e. The van der Waals surface area contributed by atoms with E-state index in [4.69, 9.17) is 26.4 Å². The van der Waals surface area contributed by atoms with E-state index >= 15 is 0 Å². The van der Waals surface area contributed by atoms with Crippen LogP contribution in [0.15, 0.2) is 78.9 Å². The Bertz CT molecular complexity index is 1270. The number of allylic oxidation sites excluding steroid dienone is 1. The lowest BCUT2D eigenvalue weighted by molar-refractivity contribution is 0.404. The smallest absolute Gasteiger partial charge is 0.227 e. The van der Waals surface area contributed by atoms with Gasteiger partial charge in [0.25, 0.3) is 0 Å². The fraction of sp³-hybridized carbons (Fsp3) is 0.0833. The van der Waals surface area contributed by atoms with Crippen molar-refractivity contribution in [3.05, 3.63) is 101 Å². The number of anilines is 1. The molecule has 31 heavy (non-hydrogen) atoms. The second-order valence-corrected chi connectivity index (χ2v) is 7.55. The van der Waals surface area contributed by atoms with Crippen LogP contribution in [0.4, 0.5) is 10.3 Å². The van der Waals surface area contributed by atoms with Crippen molar-refractivity contribution in [2.45, 2.75) is 6.04 Å². The summed E-state index contributed by atoms with van der Waals surface area (Å²) >= 11 is 6.03. The minimum absolute atomic E-state index is 0.263. The van der Waals surface area contributed by atoms with Crippen molar-refractivity contribution in [1.82, 2.24) is 14.8 Å². The molecule has 0 fully saturated rings. The molecule has 4 aromatic rings. The number of ether oxygens (including phenoxy) is 1. The van der Waals surface area contributed by atoms with Crippen LogP contribution in [0.1, 0.15) is 17.2 Å². The number of rotatable bonds is 4. The molecule has 2 heterocycles. The number of halogens is 2. The highest BCUT2D eigenvalue weighted by Crippen LogP contribution is 2.37. The second-order valence-electron chi connectivity index (χ2n) is 7.11. The molecule has 1 unspecified atom stereocenters. The molecule has 0 bridgehead atoms. The molecule has 0 aliphatic carbocycles. The van der Waals surface area contributed by atoms with Crippen LogP contribution >= 0.6 is 11.6 Å². The van der Waals surface area contributed by atoms with E-state index in [1.165, 1.54) is 12.1 Å². The first kappa shape index (κ1) is 19.3. The first-order valence-corrected chi connectivity index (χ1v) is 10.1. The van der Waals surface area contributed by atoms with Crippen LogP contribution in [0, 0.1) is 5.82 Å². The maximum atomic E-state index is 13.5. The molecule has 5 nitrogen and oxygen atoms in total. The van der Waals surface area contributed by atoms with E-state index in [-0.39, 0.29) is 11.9 Å². The highest BCUT2D eigenvalue weighted by Gasteiger charge is 2.27. The van der Waals surface area contributed by atoms with Gasteiger partial charge in [0.2, 0.25) is 5.95 Å². The summed E-state index contributed by atoms with van der Waals surface area (Å²) in [5.74, 6) is 1.63. The van der Waals surface area contributed by atoms with E-state index in [1.54, 1.807) is 19.2 Å². The van der Waals surface area contributed by atoms with E-state index in [9.17, 15) is 4.39 Å². The first-order valence-electron chi connectivity index (χ1n) is 9.72. The quantitative estimate of drug-likeness (QED) is 0.442. The third-order valence-electron chi connectivity index (χ3n) is 5.18. The van der Waals surface area contributed by atoms with Crippen molar-refractivity contribution >= 4 is 23.2 Å². The molecule has 1 atom stereocenters. The van der Waals surface area contributed by atoms with Gasteiger partial charge in [0, 0.05) is 21.8 Å². The fourth-order valence-electron chi connectivity index (χ4n) is 3.64. The summed E-state index contributed by atoms with van der Waals surface area (Å²) in [5.41, 5.74) is 3.47. The summed E-state index contributed by atoms with van der Waals surface area (Å²) in [4.78, 5) is 4.72. The number of fused-ring (bicyclic) bond motifs is 1. The molecule has 5 rings (SSSR count). The molecule has 3 aromatic carbocycles. The Morgan fingerprint density at radius 1 is 0.968 bits per heavy atom. The zero-order valence-electron chi connectivity index (χ0n) is 16.6. The van der Waals surface area contributed by atoms with Crippen molar-refractivity contribution < 1.29 is 9.13 Å². The number of para-hydroxylation sites is 1. The Morgan fingerprint density at radius 2 is 1.68 bits per heavy atom. The molecule has 1 aliphatic heterocycles. The van der Waals surface area contributed by atoms with Crippen LogP contribution in [0.5, 0.6) is 5.75 Å². The molecule has 0 spiro atoms. The van der Waals surface area contributed by atoms with Gasteiger partial charge in [0.1, 0.15) is 17.6 Å². The summed E-state index contributed by atoms with van der Waals surface area (Å²) in [5, 5.41) is 8.75. The van der Waals surface area contributed by atoms with Crippen LogP contribution in [0.25, 0.3) is 17.1 Å². The molecular weight excluding hydrogens is 415 g/mol. The van der Waals surface area contributed by atoms with Crippen LogP contribution in [0.3, 0.4) is 0 Å². The van der Waals surface area contributed by atoms with Gasteiger partial charge in [-0.15, -0.1) is 5.10 Å². The number of hydrogen-bond donors (Lipinski definition) is 1. The van der Waals surface area contributed by atoms with Crippen LogP contribution in [0.2, 0.25) is 5.02 Å². The lowest BCUT2D eigenvalue weighted by Gasteiger charge is -2.25. The van der Waals surface area contributed by atoms with Gasteiger partial charge in [-0.2, -0.15) is 4.98 Å². The lowest BCUT2D eigenvalue weighted by Crippen LogP contribution is -2.20. The number of hydrogen-bond acceptors (Lipinski definition) is 4. The van der Waals surface area contributed by atoms with Crippen LogP contribution < -0.4 is 10.1 Å². The molecule has 0 saturated heterocycles. The van der Waals surface area contributed by atoms with E-state index < -0.39 is 0 Å². The highest BCUT2D eigenvalue weighted by atomic mass is 35.5. The van der Waals surface area contributed by atoms with Gasteiger partial charge in [0.15, 0.2) is 5.82 Å². The van der Waals surface area contributed by atoms with Gasteiger partial charge in [-0.3, -0.25) is 0 Å². The summed E-state index contributed by atoms with van der Waals surface area (Å²) < 4.78 is 20.9. The second kappa shape index (κ2) is 7.89. The molecule has 1 aliphatic rings. The predicted octanol–water partition coefficient (Wildman–Crippen LogP) is 5.80. The molecule has 1 aromatic heterocycles. The Morgan fingerprint density at radius 3 is 2.42 bits per heavy atom. The Kier molecular flexibility index (Phi) is 4.92. The summed E-state index contributed by atoms with van der Waals surface area (Å²) in [7, 11) is 1.64. The van der Waals surface area contributed by atoms with Crippen LogP contribution in [-0.4, -0.2) is 21.9 Å². The first-order chi connectivity index (χ1) is 15.1. The Balaban J connectivity index is 1.64. The van der Waals surface area contributed by atoms with Crippen LogP contribution in [-0.2, 0) is 0 Å². The number of nitrogens with one attached hydrogen (secondary N) is 1. The Hall–Kier alpha value is -3.64. The molecule has 1 N–H and O–H groups in total. The third kappa shape index (κ3) is 3.66. The SMILES string of the molecule is COc1ccccc1C1C=C(c2ccc(F)cc2)Nc2nc(-c3ccc(Cl)cc3)nn21. The van der Waals surface area contributed by atoms with E-state index in [0.717, 1.165) is 28.1 Å². The average molecular weight is 433 g/mol. The summed E-state index contributed by atoms with van der Waals surface area (Å²) in [6.45, 7) is 0. The highest BCUT2D eigenvalue weighted by molar-refractivity contribution is 6.30. The van der Waals surface area contributed by atoms with E-state index in [1.807, 2.05) is 59.3 Å². The minimum atomic E-state index is -0.283. The predicted molar refractivity (Wildman–Crippen MR) is 120 cm³/mol. The number of benzene rings is 3. The molecule has 7 heteroatoms. The van der Waals surface area contributed by atoms with Crippen molar-refractivity contribution in [2.75, 3.05) is 12.4 Å². The maximum absolute atomic E-state index is 13.5. The van der Waals surface area contributed by atoms with Gasteiger partial charge >= 0.3 is 0 Å². The molecule has 0 radical (unpaired) electrons. The fourth-order valence-corrected chi connectivity index (χ4v) is 3.77. The van der Waals surface area contributed by atoms with E-state index in [2.05, 4.69) is 5.32 Å². The van der Waals surface area contributed by atoms with Gasteiger partial charge in [-0.25, -0.2) is 9.07 Å². The van der Waals surface area contributed by atoms with Gasteiger partial charge < -0.3 is 10.1 Å². The lowest BCUT2D eigenvalue weighted by atomic mass is 10.0. The summed E-state index contributed by atoms with van der Waals surface area (Å²) in [6, 6.07) is 21.3. The molecule has 0 amide bonds. The summed E-state index contributed by atoms with van der Waals surface area (Å²) in [6.07, 6.45) is 2.04. The number of aromatic nitrogens is 3. The van der Waals surface area contributed by atoms with Crippen molar-refractivity contribution in [1.29, 1.82) is 0 Å². The number of nitrogens with zero attached hydrogens (tertiary/aromatic N) is 3. The molecule has 154 valence electrons.